The van der Waals surface area contributed by atoms with E-state index in [0.29, 0.717) is 35.7 Å². The minimum Gasteiger partial charge on any atom is -0.392 e. The summed E-state index contributed by atoms with van der Waals surface area (Å²) in [5, 5.41) is 24.9. The van der Waals surface area contributed by atoms with Gasteiger partial charge in [-0.25, -0.2) is 4.98 Å². The van der Waals surface area contributed by atoms with Gasteiger partial charge >= 0.3 is 0 Å². The average molecular weight is 773 g/mol. The van der Waals surface area contributed by atoms with Crippen LogP contribution in [0.2, 0.25) is 0 Å². The number of Topliss-reactive ketones (excluding diaryl/α,β-unsaturated/α-hetero) is 1. The van der Waals surface area contributed by atoms with Gasteiger partial charge in [0.05, 0.1) is 41.4 Å². The summed E-state index contributed by atoms with van der Waals surface area (Å²) in [5.41, 5.74) is 12.1. The van der Waals surface area contributed by atoms with Crippen LogP contribution < -0.4 is 16.5 Å². The Hall–Kier alpha value is -2.47. The van der Waals surface area contributed by atoms with E-state index in [1.165, 1.54) is 6.08 Å². The normalized spacial score (nSPS) is 31.3. The van der Waals surface area contributed by atoms with Gasteiger partial charge in [-0.1, -0.05) is 58.4 Å². The van der Waals surface area contributed by atoms with Crippen LogP contribution >= 0.6 is 33.3 Å². The third-order valence-corrected chi connectivity index (χ3v) is 13.6. The van der Waals surface area contributed by atoms with Crippen molar-refractivity contribution in [3.8, 4) is 24.2 Å². The molecule has 6 N–H and O–H groups in total. The molecule has 0 saturated carbocycles. The number of allylic oxidation sites excluding steroid dienone is 3. The number of anilines is 1. The van der Waals surface area contributed by atoms with Crippen LogP contribution in [-0.4, -0.2) is 94.4 Å². The van der Waals surface area contributed by atoms with Gasteiger partial charge in [-0.15, -0.1) is 6.42 Å². The number of carbonyl (C=O) groups is 1. The standard InChI is InChI=1S/C38H52N4O7S3/c1-9-10-11-12-15-30(48-31-20-28(44)34(23(3)46-31)42-49-32-21-29(45)36(50-8)24(4)47-32)33-25(22(2)19-27(43)35(33)40-7)16-18-51-52-38(5,6)26-14-13-17-41-37(26)39/h1,10-11,13-14,16-17,22-24,28-32,34,36,40,42,44-45H,18-21H2,2-8H3,(H2,39,41)/b11-10-,25-16-/t22?,23?,24?,28?,29-,30-,31?,32?,34+,36+/m0/s1. The first kappa shape index (κ1) is 42.3. The smallest absolute Gasteiger partial charge is 0.180 e. The fraction of sp³-hybridized carbons (Fsp3) is 0.579. The molecule has 1 aromatic rings. The lowest BCUT2D eigenvalue weighted by Crippen LogP contribution is -2.57. The maximum absolute atomic E-state index is 13.4. The molecule has 2 saturated heterocycles. The van der Waals surface area contributed by atoms with Crippen molar-refractivity contribution in [2.75, 3.05) is 24.8 Å². The van der Waals surface area contributed by atoms with Crippen molar-refractivity contribution < 1.29 is 34.1 Å². The minimum atomic E-state index is -0.918. The SMILES string of the molecule is C#C/C=C\C#C[C@H](OC1CC(O)[C@H](NOC2C[C@H](O)[C@H](SC)C(C)O2)C(C)O1)C1=C(NC)C(=O)CC(C)/C1=C/CSSC(C)(C)c1cccnc1N. The molecule has 6 unspecified atom stereocenters. The first-order valence-corrected chi connectivity index (χ1v) is 21.0. The summed E-state index contributed by atoms with van der Waals surface area (Å²) in [6.07, 6.45) is 10.3. The predicted octanol–water partition coefficient (Wildman–Crippen LogP) is 4.48. The van der Waals surface area contributed by atoms with Gasteiger partial charge in [0.2, 0.25) is 0 Å². The van der Waals surface area contributed by atoms with E-state index in [1.54, 1.807) is 52.7 Å². The lowest BCUT2D eigenvalue weighted by molar-refractivity contribution is -0.272. The number of ketones is 1. The number of aliphatic hydroxyl groups is 2. The Balaban J connectivity index is 1.52. The van der Waals surface area contributed by atoms with Gasteiger partial charge < -0.3 is 35.5 Å². The molecular formula is C38H52N4O7S3. The number of terminal acetylenes is 1. The van der Waals surface area contributed by atoms with Crippen LogP contribution in [0, 0.1) is 30.1 Å². The van der Waals surface area contributed by atoms with Crippen LogP contribution in [-0.2, 0) is 28.6 Å². The van der Waals surface area contributed by atoms with E-state index in [4.69, 9.17) is 31.2 Å². The number of hydrogen-bond acceptors (Lipinski definition) is 14. The van der Waals surface area contributed by atoms with E-state index in [-0.39, 0.29) is 34.2 Å². The van der Waals surface area contributed by atoms with Crippen LogP contribution in [0.4, 0.5) is 5.82 Å². The molecule has 284 valence electrons. The Morgan fingerprint density at radius 3 is 2.56 bits per heavy atom. The van der Waals surface area contributed by atoms with Gasteiger partial charge in [0, 0.05) is 54.1 Å². The highest BCUT2D eigenvalue weighted by Gasteiger charge is 2.41. The summed E-state index contributed by atoms with van der Waals surface area (Å²) >= 11 is 1.56. The Labute approximate surface area is 320 Å². The Morgan fingerprint density at radius 1 is 1.17 bits per heavy atom. The number of carbonyl (C=O) groups excluding carboxylic acids is 1. The molecule has 0 spiro atoms. The molecule has 11 nitrogen and oxygen atoms in total. The fourth-order valence-electron chi connectivity index (χ4n) is 6.63. The van der Waals surface area contributed by atoms with Crippen molar-refractivity contribution in [2.45, 2.75) is 113 Å². The number of hydrogen-bond donors (Lipinski definition) is 5. The second-order valence-electron chi connectivity index (χ2n) is 13.5. The summed E-state index contributed by atoms with van der Waals surface area (Å²) < 4.78 is 18.5. The van der Waals surface area contributed by atoms with Gasteiger partial charge in [0.15, 0.2) is 18.4 Å². The topological polar surface area (TPSA) is 157 Å². The van der Waals surface area contributed by atoms with Crippen LogP contribution in [0.1, 0.15) is 59.4 Å². The van der Waals surface area contributed by atoms with E-state index >= 15 is 0 Å². The molecule has 10 atom stereocenters. The quantitative estimate of drug-likeness (QED) is 0.0828. The molecule has 14 heteroatoms. The highest BCUT2D eigenvalue weighted by atomic mass is 33.1. The Morgan fingerprint density at radius 2 is 1.90 bits per heavy atom. The zero-order valence-corrected chi connectivity index (χ0v) is 33.3. The molecule has 0 aromatic carbocycles. The van der Waals surface area contributed by atoms with Crippen molar-refractivity contribution in [3.05, 3.63) is 59.0 Å². The Bertz CT molecular complexity index is 1560. The molecule has 3 aliphatic rings. The van der Waals surface area contributed by atoms with Crippen molar-refractivity contribution in [1.82, 2.24) is 15.8 Å². The van der Waals surface area contributed by atoms with E-state index in [2.05, 4.69) is 53.5 Å². The first-order valence-electron chi connectivity index (χ1n) is 17.4. The van der Waals surface area contributed by atoms with Crippen LogP contribution in [0.5, 0.6) is 0 Å². The number of aliphatic hydroxyl groups excluding tert-OH is 2. The van der Waals surface area contributed by atoms with Gasteiger partial charge in [-0.05, 0) is 63.7 Å². The molecule has 2 aliphatic heterocycles. The molecule has 2 fully saturated rings. The number of thioether (sulfide) groups is 1. The number of nitrogens with one attached hydrogen (secondary N) is 2. The molecular weight excluding hydrogens is 721 g/mol. The molecule has 3 heterocycles. The number of likely N-dealkylation sites (N-methyl/N-ethyl adjacent to an activating group) is 1. The fourth-order valence-corrected chi connectivity index (χ4v) is 9.93. The highest BCUT2D eigenvalue weighted by Crippen LogP contribution is 2.45. The zero-order chi connectivity index (χ0) is 38.0. The summed E-state index contributed by atoms with van der Waals surface area (Å²) in [6, 6.07) is 3.28. The van der Waals surface area contributed by atoms with Gasteiger partial charge in [0.25, 0.3) is 0 Å². The lowest BCUT2D eigenvalue weighted by atomic mass is 9.79. The van der Waals surface area contributed by atoms with E-state index < -0.39 is 43.0 Å². The number of nitrogens with zero attached hydrogens (tertiary/aromatic N) is 1. The van der Waals surface area contributed by atoms with E-state index in [9.17, 15) is 15.0 Å². The summed E-state index contributed by atoms with van der Waals surface area (Å²) in [4.78, 5) is 23.5. The molecule has 4 rings (SSSR count). The van der Waals surface area contributed by atoms with Crippen molar-refractivity contribution in [2.24, 2.45) is 5.92 Å². The first-order chi connectivity index (χ1) is 24.8. The monoisotopic (exact) mass is 772 g/mol. The van der Waals surface area contributed by atoms with E-state index in [0.717, 1.165) is 11.1 Å². The second-order valence-corrected chi connectivity index (χ2v) is 17.4. The van der Waals surface area contributed by atoms with Crippen LogP contribution in [0.25, 0.3) is 0 Å². The number of nitrogen functional groups attached to an aromatic ring is 1. The number of pyridine rings is 1. The number of rotatable bonds is 13. The lowest BCUT2D eigenvalue weighted by Gasteiger charge is -2.41. The molecule has 0 radical (unpaired) electrons. The third kappa shape index (κ3) is 10.8. The molecule has 1 aliphatic carbocycles. The van der Waals surface area contributed by atoms with Gasteiger partial charge in [-0.3, -0.25) is 9.63 Å². The molecule has 0 bridgehead atoms. The van der Waals surface area contributed by atoms with Crippen molar-refractivity contribution >= 4 is 45.0 Å². The second kappa shape index (κ2) is 19.7. The predicted molar refractivity (Wildman–Crippen MR) is 211 cm³/mol. The van der Waals surface area contributed by atoms with Crippen molar-refractivity contribution in [1.29, 1.82) is 0 Å². The molecule has 0 amide bonds. The van der Waals surface area contributed by atoms with Crippen LogP contribution in [0.3, 0.4) is 0 Å². The summed E-state index contributed by atoms with van der Waals surface area (Å²) in [5.74, 6) is 9.57. The van der Waals surface area contributed by atoms with Gasteiger partial charge in [0.1, 0.15) is 11.9 Å². The summed E-state index contributed by atoms with van der Waals surface area (Å²) in [7, 11) is 5.09. The molecule has 52 heavy (non-hydrogen) atoms. The number of hydroxylamine groups is 1. The minimum absolute atomic E-state index is 0.0421. The number of nitrogens with two attached hydrogens (primary N) is 1. The maximum atomic E-state index is 13.4. The molecule has 1 aromatic heterocycles. The third-order valence-electron chi connectivity index (χ3n) is 9.26. The van der Waals surface area contributed by atoms with Crippen molar-refractivity contribution in [3.63, 3.8) is 0 Å². The maximum Gasteiger partial charge on any atom is 0.180 e. The largest absolute Gasteiger partial charge is 0.392 e. The number of aromatic nitrogens is 1. The van der Waals surface area contributed by atoms with E-state index in [1.807, 2.05) is 39.2 Å². The zero-order valence-electron chi connectivity index (χ0n) is 30.8. The highest BCUT2D eigenvalue weighted by molar-refractivity contribution is 8.77. The van der Waals surface area contributed by atoms with Crippen LogP contribution in [0.15, 0.2) is 53.4 Å². The number of ether oxygens (including phenoxy) is 3. The summed E-state index contributed by atoms with van der Waals surface area (Å²) in [6.45, 7) is 9.96. The van der Waals surface area contributed by atoms with Gasteiger partial charge in [-0.2, -0.15) is 17.2 Å². The Kier molecular flexibility index (Phi) is 16.0. The average Bonchev–Trinajstić information content (AvgIpc) is 3.08.